The largest absolute Gasteiger partial charge is 0.377 e. The van der Waals surface area contributed by atoms with Crippen LogP contribution in [0.4, 0.5) is 0 Å². The highest BCUT2D eigenvalue weighted by Crippen LogP contribution is 2.40. The smallest absolute Gasteiger partial charge is 0.233 e. The van der Waals surface area contributed by atoms with Gasteiger partial charge in [-0.05, 0) is 37.2 Å². The lowest BCUT2D eigenvalue weighted by Gasteiger charge is -2.19. The van der Waals surface area contributed by atoms with Gasteiger partial charge in [-0.2, -0.15) is 0 Å². The van der Waals surface area contributed by atoms with Crippen LogP contribution in [0.2, 0.25) is 0 Å². The molecular weight excluding hydrogens is 298 g/mol. The Morgan fingerprint density at radius 1 is 1.27 bits per heavy atom. The molecule has 1 heterocycles. The van der Waals surface area contributed by atoms with Crippen LogP contribution in [0.5, 0.6) is 0 Å². The molecule has 3 atom stereocenters. The number of rotatable bonds is 7. The molecule has 0 spiro atoms. The van der Waals surface area contributed by atoms with Gasteiger partial charge in [0.2, 0.25) is 5.91 Å². The van der Waals surface area contributed by atoms with E-state index >= 15 is 0 Å². The first-order chi connectivity index (χ1) is 10.7. The Morgan fingerprint density at radius 2 is 2.05 bits per heavy atom. The van der Waals surface area contributed by atoms with Crippen LogP contribution in [0.25, 0.3) is 0 Å². The van der Waals surface area contributed by atoms with Gasteiger partial charge in [-0.3, -0.25) is 9.00 Å². The van der Waals surface area contributed by atoms with E-state index in [0.29, 0.717) is 11.7 Å². The van der Waals surface area contributed by atoms with E-state index in [9.17, 15) is 9.00 Å². The van der Waals surface area contributed by atoms with Crippen molar-refractivity contribution < 1.29 is 13.7 Å². The second-order valence-corrected chi connectivity index (χ2v) is 7.68. The van der Waals surface area contributed by atoms with E-state index < -0.39 is 10.8 Å². The van der Waals surface area contributed by atoms with Crippen LogP contribution < -0.4 is 5.32 Å². The number of amides is 1. The van der Waals surface area contributed by atoms with Crippen molar-refractivity contribution in [1.29, 1.82) is 0 Å². The lowest BCUT2D eigenvalue weighted by Crippen LogP contribution is -2.34. The minimum atomic E-state index is -1.14. The van der Waals surface area contributed by atoms with Gasteiger partial charge in [0.1, 0.15) is 5.75 Å². The third-order valence-electron chi connectivity index (χ3n) is 4.26. The Balaban J connectivity index is 1.52. The summed E-state index contributed by atoms with van der Waals surface area (Å²) < 4.78 is 17.6. The standard InChI is InChI=1S/C17H23NO3S/c19-16(12-22(20)11-15-7-4-10-21-15)18-17(14-8-9-14)13-5-2-1-3-6-13/h1-3,5-6,14-15,17H,4,7-12H2,(H,18,19)/t15-,17+,22-/m1/s1. The fourth-order valence-electron chi connectivity index (χ4n) is 2.97. The van der Waals surface area contributed by atoms with Crippen molar-refractivity contribution in [3.8, 4) is 0 Å². The van der Waals surface area contributed by atoms with E-state index in [1.807, 2.05) is 30.3 Å². The third kappa shape index (κ3) is 4.40. The van der Waals surface area contributed by atoms with Gasteiger partial charge in [0.05, 0.1) is 17.9 Å². The second-order valence-electron chi connectivity index (χ2n) is 6.18. The fraction of sp³-hybridized carbons (Fsp3) is 0.588. The Kier molecular flexibility index (Phi) is 5.26. The minimum absolute atomic E-state index is 0.0634. The lowest BCUT2D eigenvalue weighted by atomic mass is 10.0. The molecular formula is C17H23NO3S. The highest BCUT2D eigenvalue weighted by Gasteiger charge is 2.33. The van der Waals surface area contributed by atoms with Crippen LogP contribution in [0.3, 0.4) is 0 Å². The maximum Gasteiger partial charge on any atom is 0.233 e. The monoisotopic (exact) mass is 321 g/mol. The molecule has 0 unspecified atom stereocenters. The molecule has 0 bridgehead atoms. The zero-order valence-electron chi connectivity index (χ0n) is 12.7. The zero-order valence-corrected chi connectivity index (χ0v) is 13.5. The average Bonchev–Trinajstić information content (AvgIpc) is 3.23. The van der Waals surface area contributed by atoms with Crippen LogP contribution in [0, 0.1) is 5.92 Å². The molecule has 5 heteroatoms. The maximum absolute atomic E-state index is 12.2. The predicted octanol–water partition coefficient (Wildman–Crippen LogP) is 2.18. The number of carbonyl (C=O) groups excluding carboxylic acids is 1. The van der Waals surface area contributed by atoms with E-state index in [2.05, 4.69) is 5.32 Å². The molecule has 120 valence electrons. The van der Waals surface area contributed by atoms with Gasteiger partial charge in [0.15, 0.2) is 0 Å². The number of hydrogen-bond acceptors (Lipinski definition) is 3. The summed E-state index contributed by atoms with van der Waals surface area (Å²) in [6, 6.07) is 10.1. The van der Waals surface area contributed by atoms with Crippen LogP contribution in [-0.4, -0.2) is 34.3 Å². The molecule has 3 rings (SSSR count). The summed E-state index contributed by atoms with van der Waals surface area (Å²) in [7, 11) is -1.14. The van der Waals surface area contributed by atoms with Crippen LogP contribution >= 0.6 is 0 Å². The van der Waals surface area contributed by atoms with Crippen molar-refractivity contribution in [1.82, 2.24) is 5.32 Å². The molecule has 0 aromatic heterocycles. The number of ether oxygens (including phenoxy) is 1. The molecule has 1 N–H and O–H groups in total. The Bertz CT molecular complexity index is 524. The van der Waals surface area contributed by atoms with Gasteiger partial charge < -0.3 is 10.1 Å². The summed E-state index contributed by atoms with van der Waals surface area (Å²) in [6.07, 6.45) is 4.37. The van der Waals surface area contributed by atoms with Gasteiger partial charge in [-0.15, -0.1) is 0 Å². The molecule has 1 aromatic rings. The highest BCUT2D eigenvalue weighted by molar-refractivity contribution is 7.85. The topological polar surface area (TPSA) is 55.4 Å². The van der Waals surface area contributed by atoms with E-state index in [1.54, 1.807) is 0 Å². The number of benzene rings is 1. The quantitative estimate of drug-likeness (QED) is 0.837. The second kappa shape index (κ2) is 7.38. The zero-order chi connectivity index (χ0) is 15.4. The van der Waals surface area contributed by atoms with Crippen molar-refractivity contribution >= 4 is 16.7 Å². The predicted molar refractivity (Wildman–Crippen MR) is 86.9 cm³/mol. The Morgan fingerprint density at radius 3 is 2.68 bits per heavy atom. The number of nitrogens with one attached hydrogen (secondary N) is 1. The first-order valence-electron chi connectivity index (χ1n) is 8.03. The van der Waals surface area contributed by atoms with Crippen molar-refractivity contribution in [2.75, 3.05) is 18.1 Å². The van der Waals surface area contributed by atoms with E-state index in [0.717, 1.165) is 37.9 Å². The summed E-state index contributed by atoms with van der Waals surface area (Å²) in [4.78, 5) is 12.2. The van der Waals surface area contributed by atoms with E-state index in [1.165, 1.54) is 0 Å². The van der Waals surface area contributed by atoms with Crippen LogP contribution in [0.1, 0.15) is 37.3 Å². The first-order valence-corrected chi connectivity index (χ1v) is 9.52. The molecule has 1 saturated carbocycles. The Labute approximate surface area is 134 Å². The van der Waals surface area contributed by atoms with Crippen molar-refractivity contribution in [2.45, 2.75) is 37.8 Å². The molecule has 1 saturated heterocycles. The molecule has 1 aromatic carbocycles. The molecule has 4 nitrogen and oxygen atoms in total. The molecule has 1 aliphatic carbocycles. The summed E-state index contributed by atoms with van der Waals surface area (Å²) in [5.41, 5.74) is 1.14. The molecule has 1 amide bonds. The van der Waals surface area contributed by atoms with Crippen molar-refractivity contribution in [3.05, 3.63) is 35.9 Å². The summed E-state index contributed by atoms with van der Waals surface area (Å²) in [5, 5.41) is 3.08. The van der Waals surface area contributed by atoms with Crippen molar-refractivity contribution in [3.63, 3.8) is 0 Å². The molecule has 0 radical (unpaired) electrons. The summed E-state index contributed by atoms with van der Waals surface area (Å²) >= 11 is 0. The number of hydrogen-bond donors (Lipinski definition) is 1. The highest BCUT2D eigenvalue weighted by atomic mass is 32.2. The van der Waals surface area contributed by atoms with Gasteiger partial charge in [0, 0.05) is 17.4 Å². The van der Waals surface area contributed by atoms with Gasteiger partial charge >= 0.3 is 0 Å². The van der Waals surface area contributed by atoms with Gasteiger partial charge in [0.25, 0.3) is 0 Å². The van der Waals surface area contributed by atoms with Crippen LogP contribution in [-0.2, 0) is 20.3 Å². The fourth-order valence-corrected chi connectivity index (χ4v) is 4.14. The van der Waals surface area contributed by atoms with Crippen LogP contribution in [0.15, 0.2) is 30.3 Å². The lowest BCUT2D eigenvalue weighted by molar-refractivity contribution is -0.119. The van der Waals surface area contributed by atoms with E-state index in [4.69, 9.17) is 4.74 Å². The molecule has 1 aliphatic heterocycles. The Hall–Kier alpha value is -1.20. The first kappa shape index (κ1) is 15.7. The molecule has 2 aliphatic rings. The summed E-state index contributed by atoms with van der Waals surface area (Å²) in [6.45, 7) is 0.756. The molecule has 2 fully saturated rings. The van der Waals surface area contributed by atoms with E-state index in [-0.39, 0.29) is 23.8 Å². The van der Waals surface area contributed by atoms with Gasteiger partial charge in [-0.1, -0.05) is 30.3 Å². The molecule has 22 heavy (non-hydrogen) atoms. The third-order valence-corrected chi connectivity index (χ3v) is 5.58. The summed E-state index contributed by atoms with van der Waals surface area (Å²) in [5.74, 6) is 0.970. The SMILES string of the molecule is O=C(C[S@](=O)C[C@H]1CCCO1)N[C@@H](c1ccccc1)C1CC1. The minimum Gasteiger partial charge on any atom is -0.377 e. The number of carbonyl (C=O) groups is 1. The normalized spacial score (nSPS) is 23.9. The maximum atomic E-state index is 12.2. The van der Waals surface area contributed by atoms with Gasteiger partial charge in [-0.25, -0.2) is 0 Å². The average molecular weight is 321 g/mol. The van der Waals surface area contributed by atoms with Crippen molar-refractivity contribution in [2.24, 2.45) is 5.92 Å².